The van der Waals surface area contributed by atoms with Crippen LogP contribution in [-0.4, -0.2) is 36.5 Å². The van der Waals surface area contributed by atoms with Crippen molar-refractivity contribution in [2.45, 2.75) is 57.0 Å². The van der Waals surface area contributed by atoms with Gasteiger partial charge in [0.25, 0.3) is 5.91 Å². The number of carbonyl (C=O) groups excluding carboxylic acids is 1. The summed E-state index contributed by atoms with van der Waals surface area (Å²) >= 11 is 0. The van der Waals surface area contributed by atoms with E-state index in [4.69, 9.17) is 4.74 Å². The second-order valence-electron chi connectivity index (χ2n) is 8.47. The number of carbonyl (C=O) groups is 1. The quantitative estimate of drug-likeness (QED) is 0.761. The highest BCUT2D eigenvalue weighted by Gasteiger charge is 2.48. The standard InChI is InChI=1S/C25H32N2O2/c1-19-11-10-14-21(29-2)22(19)24(28)26-23(20-12-4-3-5-13-20)25(15-6-7-16-25)27-17-8-9-18-27/h3-5,10-14,23H,6-9,15-18H2,1-2H3,(H,26,28). The zero-order valence-corrected chi connectivity index (χ0v) is 17.6. The van der Waals surface area contributed by atoms with E-state index < -0.39 is 0 Å². The molecule has 1 atom stereocenters. The van der Waals surface area contributed by atoms with E-state index in [-0.39, 0.29) is 17.5 Å². The summed E-state index contributed by atoms with van der Waals surface area (Å²) in [7, 11) is 1.63. The van der Waals surface area contributed by atoms with Gasteiger partial charge in [-0.15, -0.1) is 0 Å². The number of hydrogen-bond acceptors (Lipinski definition) is 3. The van der Waals surface area contributed by atoms with Crippen molar-refractivity contribution in [2.24, 2.45) is 0 Å². The molecule has 2 aliphatic rings. The number of ether oxygens (including phenoxy) is 1. The molecule has 4 rings (SSSR count). The summed E-state index contributed by atoms with van der Waals surface area (Å²) in [5.41, 5.74) is 2.78. The zero-order valence-electron chi connectivity index (χ0n) is 17.6. The van der Waals surface area contributed by atoms with Gasteiger partial charge >= 0.3 is 0 Å². The van der Waals surface area contributed by atoms with Crippen LogP contribution in [0, 0.1) is 6.92 Å². The highest BCUT2D eigenvalue weighted by molar-refractivity contribution is 5.98. The molecule has 29 heavy (non-hydrogen) atoms. The first-order valence-corrected chi connectivity index (χ1v) is 10.9. The molecule has 1 aliphatic heterocycles. The van der Waals surface area contributed by atoms with Gasteiger partial charge in [0.15, 0.2) is 0 Å². The number of benzene rings is 2. The van der Waals surface area contributed by atoms with Gasteiger partial charge in [-0.1, -0.05) is 55.3 Å². The van der Waals surface area contributed by atoms with Gasteiger partial charge in [-0.3, -0.25) is 9.69 Å². The topological polar surface area (TPSA) is 41.6 Å². The van der Waals surface area contributed by atoms with Crippen LogP contribution in [0.25, 0.3) is 0 Å². The SMILES string of the molecule is COc1cccc(C)c1C(=O)NC(c1ccccc1)C1(N2CCCC2)CCCC1. The average molecular weight is 393 g/mol. The number of nitrogens with one attached hydrogen (secondary N) is 1. The lowest BCUT2D eigenvalue weighted by Gasteiger charge is -2.45. The van der Waals surface area contributed by atoms with Crippen molar-refractivity contribution >= 4 is 5.91 Å². The number of likely N-dealkylation sites (tertiary alicyclic amines) is 1. The number of hydrogen-bond donors (Lipinski definition) is 1. The number of aryl methyl sites for hydroxylation is 1. The summed E-state index contributed by atoms with van der Waals surface area (Å²) in [6.07, 6.45) is 7.23. The molecule has 0 aromatic heterocycles. The predicted molar refractivity (Wildman–Crippen MR) is 116 cm³/mol. The van der Waals surface area contributed by atoms with Crippen molar-refractivity contribution in [1.82, 2.24) is 10.2 Å². The van der Waals surface area contributed by atoms with Crippen molar-refractivity contribution < 1.29 is 9.53 Å². The molecule has 1 saturated heterocycles. The second-order valence-corrected chi connectivity index (χ2v) is 8.47. The molecule has 154 valence electrons. The smallest absolute Gasteiger partial charge is 0.255 e. The first kappa shape index (κ1) is 20.0. The maximum Gasteiger partial charge on any atom is 0.255 e. The van der Waals surface area contributed by atoms with E-state index >= 15 is 0 Å². The van der Waals surface area contributed by atoms with Gasteiger partial charge in [-0.05, 0) is 62.9 Å². The summed E-state index contributed by atoms with van der Waals surface area (Å²) in [5, 5.41) is 3.46. The molecular formula is C25H32N2O2. The van der Waals surface area contributed by atoms with Gasteiger partial charge in [0.05, 0.1) is 18.7 Å². The maximum absolute atomic E-state index is 13.5. The fraction of sp³-hybridized carbons (Fsp3) is 0.480. The molecular weight excluding hydrogens is 360 g/mol. The molecule has 0 spiro atoms. The van der Waals surface area contributed by atoms with Crippen molar-refractivity contribution in [1.29, 1.82) is 0 Å². The molecule has 2 fully saturated rings. The molecule has 4 heteroatoms. The predicted octanol–water partition coefficient (Wildman–Crippen LogP) is 4.88. The Morgan fingerprint density at radius 2 is 1.69 bits per heavy atom. The van der Waals surface area contributed by atoms with Crippen LogP contribution in [0.5, 0.6) is 5.75 Å². The number of nitrogens with zero attached hydrogens (tertiary/aromatic N) is 1. The Labute approximate surface area is 174 Å². The van der Waals surface area contributed by atoms with Crippen LogP contribution in [0.4, 0.5) is 0 Å². The van der Waals surface area contributed by atoms with Crippen LogP contribution < -0.4 is 10.1 Å². The lowest BCUT2D eigenvalue weighted by atomic mass is 9.81. The van der Waals surface area contributed by atoms with E-state index in [0.29, 0.717) is 11.3 Å². The lowest BCUT2D eigenvalue weighted by Crippen LogP contribution is -2.55. The Hall–Kier alpha value is -2.33. The highest BCUT2D eigenvalue weighted by atomic mass is 16.5. The first-order valence-electron chi connectivity index (χ1n) is 10.9. The van der Waals surface area contributed by atoms with E-state index in [0.717, 1.165) is 31.5 Å². The minimum absolute atomic E-state index is 0.00341. The van der Waals surface area contributed by atoms with Gasteiger partial charge in [-0.2, -0.15) is 0 Å². The molecule has 1 unspecified atom stereocenters. The summed E-state index contributed by atoms with van der Waals surface area (Å²) in [4.78, 5) is 16.2. The van der Waals surface area contributed by atoms with Crippen LogP contribution in [0.15, 0.2) is 48.5 Å². The molecule has 0 bridgehead atoms. The molecule has 1 N–H and O–H groups in total. The van der Waals surface area contributed by atoms with Crippen molar-refractivity contribution in [3.63, 3.8) is 0 Å². The number of rotatable bonds is 6. The van der Waals surface area contributed by atoms with Crippen LogP contribution in [0.2, 0.25) is 0 Å². The number of methoxy groups -OCH3 is 1. The maximum atomic E-state index is 13.5. The summed E-state index contributed by atoms with van der Waals surface area (Å²) < 4.78 is 5.51. The lowest BCUT2D eigenvalue weighted by molar-refractivity contribution is 0.0641. The van der Waals surface area contributed by atoms with Gasteiger partial charge in [0, 0.05) is 5.54 Å². The molecule has 1 saturated carbocycles. The molecule has 1 aliphatic carbocycles. The van der Waals surface area contributed by atoms with Gasteiger partial charge in [-0.25, -0.2) is 0 Å². The summed E-state index contributed by atoms with van der Waals surface area (Å²) in [5.74, 6) is 0.593. The second kappa shape index (κ2) is 8.58. The third-order valence-corrected chi connectivity index (χ3v) is 6.83. The first-order chi connectivity index (χ1) is 14.2. The van der Waals surface area contributed by atoms with Gasteiger partial charge < -0.3 is 10.1 Å². The fourth-order valence-electron chi connectivity index (χ4n) is 5.42. The largest absolute Gasteiger partial charge is 0.496 e. The Bertz CT molecular complexity index is 837. The van der Waals surface area contributed by atoms with E-state index in [1.807, 2.05) is 31.2 Å². The van der Waals surface area contributed by atoms with E-state index in [9.17, 15) is 4.79 Å². The summed E-state index contributed by atoms with van der Waals surface area (Å²) in [6.45, 7) is 4.24. The number of amides is 1. The van der Waals surface area contributed by atoms with E-state index in [1.165, 1.54) is 31.2 Å². The molecule has 4 nitrogen and oxygen atoms in total. The van der Waals surface area contributed by atoms with Crippen molar-refractivity contribution in [3.05, 3.63) is 65.2 Å². The van der Waals surface area contributed by atoms with Gasteiger partial charge in [0.2, 0.25) is 0 Å². The molecule has 1 heterocycles. The minimum atomic E-state index is -0.0423. The Balaban J connectivity index is 1.73. The van der Waals surface area contributed by atoms with Crippen molar-refractivity contribution in [2.75, 3.05) is 20.2 Å². The molecule has 0 radical (unpaired) electrons. The third kappa shape index (κ3) is 3.78. The third-order valence-electron chi connectivity index (χ3n) is 6.83. The Morgan fingerprint density at radius 1 is 1.00 bits per heavy atom. The van der Waals surface area contributed by atoms with Crippen LogP contribution in [-0.2, 0) is 0 Å². The Morgan fingerprint density at radius 3 is 2.34 bits per heavy atom. The summed E-state index contributed by atoms with van der Waals surface area (Å²) in [6, 6.07) is 16.3. The zero-order chi connectivity index (χ0) is 20.3. The van der Waals surface area contributed by atoms with E-state index in [1.54, 1.807) is 7.11 Å². The fourth-order valence-corrected chi connectivity index (χ4v) is 5.42. The monoisotopic (exact) mass is 392 g/mol. The van der Waals surface area contributed by atoms with Gasteiger partial charge in [0.1, 0.15) is 5.75 Å². The average Bonchev–Trinajstić information content (AvgIpc) is 3.45. The van der Waals surface area contributed by atoms with Crippen LogP contribution in [0.1, 0.15) is 66.1 Å². The molecule has 2 aromatic carbocycles. The normalized spacial score (nSPS) is 19.8. The van der Waals surface area contributed by atoms with E-state index in [2.05, 4.69) is 34.5 Å². The molecule has 1 amide bonds. The minimum Gasteiger partial charge on any atom is -0.496 e. The van der Waals surface area contributed by atoms with Crippen LogP contribution >= 0.6 is 0 Å². The van der Waals surface area contributed by atoms with Crippen LogP contribution in [0.3, 0.4) is 0 Å². The highest BCUT2D eigenvalue weighted by Crippen LogP contribution is 2.46. The Kier molecular flexibility index (Phi) is 5.91. The molecule has 2 aromatic rings. The van der Waals surface area contributed by atoms with Crippen molar-refractivity contribution in [3.8, 4) is 5.75 Å².